The fourth-order valence-electron chi connectivity index (χ4n) is 4.01. The molecule has 3 rings (SSSR count). The van der Waals surface area contributed by atoms with E-state index in [0.717, 1.165) is 16.1 Å². The van der Waals surface area contributed by atoms with Crippen LogP contribution >= 0.6 is 15.9 Å². The summed E-state index contributed by atoms with van der Waals surface area (Å²) in [5.74, 6) is -1.16. The molecular weight excluding hydrogens is 585 g/mol. The number of hydrogen-bond acceptors (Lipinski definition) is 4. The summed E-state index contributed by atoms with van der Waals surface area (Å²) < 4.78 is 40.9. The summed E-state index contributed by atoms with van der Waals surface area (Å²) >= 11 is 3.35. The molecule has 1 unspecified atom stereocenters. The van der Waals surface area contributed by atoms with E-state index in [1.54, 1.807) is 36.4 Å². The largest absolute Gasteiger partial charge is 0.354 e. The van der Waals surface area contributed by atoms with Crippen LogP contribution in [0.3, 0.4) is 0 Å². The molecule has 7 nitrogen and oxygen atoms in total. The summed E-state index contributed by atoms with van der Waals surface area (Å²) in [5, 5.41) is 2.92. The van der Waals surface area contributed by atoms with Gasteiger partial charge in [0.05, 0.1) is 11.9 Å². The molecule has 0 aliphatic rings. The number of anilines is 1. The van der Waals surface area contributed by atoms with Crippen molar-refractivity contribution in [3.63, 3.8) is 0 Å². The van der Waals surface area contributed by atoms with Gasteiger partial charge in [-0.3, -0.25) is 13.9 Å². The molecule has 2 amide bonds. The minimum absolute atomic E-state index is 0.0121. The van der Waals surface area contributed by atoms with Crippen molar-refractivity contribution < 1.29 is 22.4 Å². The predicted molar refractivity (Wildman–Crippen MR) is 155 cm³/mol. The highest BCUT2D eigenvalue weighted by molar-refractivity contribution is 9.10. The smallest absolute Gasteiger partial charge is 0.244 e. The van der Waals surface area contributed by atoms with Gasteiger partial charge in [-0.05, 0) is 47.4 Å². The molecule has 1 N–H and O–H groups in total. The Morgan fingerprint density at radius 1 is 0.949 bits per heavy atom. The van der Waals surface area contributed by atoms with Gasteiger partial charge in [-0.15, -0.1) is 0 Å². The Morgan fingerprint density at radius 3 is 2.21 bits per heavy atom. The van der Waals surface area contributed by atoms with Gasteiger partial charge < -0.3 is 10.2 Å². The lowest BCUT2D eigenvalue weighted by molar-refractivity contribution is -0.140. The van der Waals surface area contributed by atoms with Crippen LogP contribution < -0.4 is 9.62 Å². The number of halogens is 2. The van der Waals surface area contributed by atoms with E-state index >= 15 is 0 Å². The number of sulfonamides is 1. The molecule has 39 heavy (non-hydrogen) atoms. The van der Waals surface area contributed by atoms with Crippen LogP contribution in [0, 0.1) is 11.7 Å². The first-order valence-electron chi connectivity index (χ1n) is 12.5. The Bertz CT molecular complexity index is 1370. The third-order valence-electron chi connectivity index (χ3n) is 6.00. The molecule has 0 aliphatic carbocycles. The molecule has 0 fully saturated rings. The number of amides is 2. The van der Waals surface area contributed by atoms with Gasteiger partial charge in [0, 0.05) is 24.0 Å². The first-order chi connectivity index (χ1) is 18.4. The molecule has 0 saturated heterocycles. The van der Waals surface area contributed by atoms with Crippen molar-refractivity contribution in [3.8, 4) is 0 Å². The number of benzene rings is 3. The van der Waals surface area contributed by atoms with Crippen LogP contribution in [0.15, 0.2) is 83.3 Å². The molecule has 10 heteroatoms. The van der Waals surface area contributed by atoms with E-state index in [-0.39, 0.29) is 24.8 Å². The molecule has 208 valence electrons. The van der Waals surface area contributed by atoms with Gasteiger partial charge >= 0.3 is 0 Å². The molecule has 0 saturated carbocycles. The average molecular weight is 619 g/mol. The zero-order chi connectivity index (χ0) is 28.6. The fourth-order valence-corrected chi connectivity index (χ4v) is 5.24. The number of carbonyl (C=O) groups is 2. The number of rotatable bonds is 12. The van der Waals surface area contributed by atoms with E-state index in [2.05, 4.69) is 21.2 Å². The normalized spacial score (nSPS) is 12.2. The van der Waals surface area contributed by atoms with Gasteiger partial charge in [-0.2, -0.15) is 0 Å². The Labute approximate surface area is 238 Å². The highest BCUT2D eigenvalue weighted by Crippen LogP contribution is 2.23. The fraction of sp³-hybridized carbons (Fsp3) is 0.310. The molecule has 0 bridgehead atoms. The summed E-state index contributed by atoms with van der Waals surface area (Å²) in [4.78, 5) is 28.9. The highest BCUT2D eigenvalue weighted by Gasteiger charge is 2.33. The molecular formula is C29H33BrFN3O4S. The van der Waals surface area contributed by atoms with E-state index < -0.39 is 34.3 Å². The van der Waals surface area contributed by atoms with Crippen molar-refractivity contribution in [1.29, 1.82) is 0 Å². The maximum absolute atomic E-state index is 14.0. The van der Waals surface area contributed by atoms with Gasteiger partial charge in [0.25, 0.3) is 0 Å². The first kappa shape index (κ1) is 30.3. The van der Waals surface area contributed by atoms with Gasteiger partial charge in [0.15, 0.2) is 0 Å². The lowest BCUT2D eigenvalue weighted by atomic mass is 10.0. The Morgan fingerprint density at radius 2 is 1.62 bits per heavy atom. The van der Waals surface area contributed by atoms with Crippen molar-refractivity contribution in [2.75, 3.05) is 23.7 Å². The van der Waals surface area contributed by atoms with Crippen LogP contribution in [-0.4, -0.2) is 50.5 Å². The summed E-state index contributed by atoms with van der Waals surface area (Å²) in [7, 11) is -3.85. The maximum atomic E-state index is 14.0. The first-order valence-corrected chi connectivity index (χ1v) is 15.2. The molecule has 1 atom stereocenters. The monoisotopic (exact) mass is 617 g/mol. The lowest BCUT2D eigenvalue weighted by Gasteiger charge is -2.33. The SMILES string of the molecule is CC(C)CNC(=O)C(Cc1ccccc1)N(Cc1ccc(F)cc1)C(=O)CN(c1cccc(Br)c1)S(C)(=O)=O. The second-order valence-corrected chi connectivity index (χ2v) is 12.6. The van der Waals surface area contributed by atoms with Crippen molar-refractivity contribution in [2.24, 2.45) is 5.92 Å². The van der Waals surface area contributed by atoms with Crippen molar-refractivity contribution in [3.05, 3.63) is 100 Å². The van der Waals surface area contributed by atoms with Crippen LogP contribution in [0.5, 0.6) is 0 Å². The van der Waals surface area contributed by atoms with Gasteiger partial charge in [0.2, 0.25) is 21.8 Å². The highest BCUT2D eigenvalue weighted by atomic mass is 79.9. The number of nitrogens with one attached hydrogen (secondary N) is 1. The quantitative estimate of drug-likeness (QED) is 0.317. The van der Waals surface area contributed by atoms with Crippen molar-refractivity contribution in [1.82, 2.24) is 10.2 Å². The van der Waals surface area contributed by atoms with Crippen LogP contribution in [0.25, 0.3) is 0 Å². The Hall–Kier alpha value is -3.24. The molecule has 0 spiro atoms. The molecule has 0 heterocycles. The van der Waals surface area contributed by atoms with Crippen LogP contribution in [0.4, 0.5) is 10.1 Å². The van der Waals surface area contributed by atoms with E-state index in [0.29, 0.717) is 22.3 Å². The topological polar surface area (TPSA) is 86.8 Å². The van der Waals surface area contributed by atoms with Crippen LogP contribution in [-0.2, 0) is 32.6 Å². The van der Waals surface area contributed by atoms with Crippen LogP contribution in [0.2, 0.25) is 0 Å². The van der Waals surface area contributed by atoms with Gasteiger partial charge in [0.1, 0.15) is 18.4 Å². The summed E-state index contributed by atoms with van der Waals surface area (Å²) in [6, 6.07) is 20.7. The minimum Gasteiger partial charge on any atom is -0.354 e. The number of hydrogen-bond donors (Lipinski definition) is 1. The summed E-state index contributed by atoms with van der Waals surface area (Å²) in [5.41, 5.74) is 1.75. The van der Waals surface area contributed by atoms with Gasteiger partial charge in [-0.1, -0.05) is 78.3 Å². The predicted octanol–water partition coefficient (Wildman–Crippen LogP) is 4.77. The zero-order valence-corrected chi connectivity index (χ0v) is 24.6. The Kier molecular flexibility index (Phi) is 10.7. The second-order valence-electron chi connectivity index (χ2n) is 9.74. The third-order valence-corrected chi connectivity index (χ3v) is 7.63. The van der Waals surface area contributed by atoms with E-state index in [1.165, 1.54) is 17.0 Å². The van der Waals surface area contributed by atoms with E-state index in [9.17, 15) is 22.4 Å². The minimum atomic E-state index is -3.85. The average Bonchev–Trinajstić information content (AvgIpc) is 2.88. The number of nitrogens with zero attached hydrogens (tertiary/aromatic N) is 2. The van der Waals surface area contributed by atoms with Gasteiger partial charge in [-0.25, -0.2) is 12.8 Å². The number of carbonyl (C=O) groups excluding carboxylic acids is 2. The lowest BCUT2D eigenvalue weighted by Crippen LogP contribution is -2.53. The van der Waals surface area contributed by atoms with E-state index in [1.807, 2.05) is 44.2 Å². The standard InChI is InChI=1S/C29H33BrFN3O4S/c1-21(2)18-32-29(36)27(16-22-8-5-4-6-9-22)33(19-23-12-14-25(31)15-13-23)28(35)20-34(39(3,37)38)26-11-7-10-24(30)17-26/h4-15,17,21,27H,16,18-20H2,1-3H3,(H,32,36). The Balaban J connectivity index is 2.04. The zero-order valence-electron chi connectivity index (χ0n) is 22.2. The molecule has 0 aromatic heterocycles. The van der Waals surface area contributed by atoms with Crippen LogP contribution in [0.1, 0.15) is 25.0 Å². The van der Waals surface area contributed by atoms with Crippen molar-refractivity contribution >= 4 is 43.5 Å². The molecule has 3 aromatic rings. The molecule has 0 radical (unpaired) electrons. The molecule has 0 aliphatic heterocycles. The summed E-state index contributed by atoms with van der Waals surface area (Å²) in [6.45, 7) is 3.82. The van der Waals surface area contributed by atoms with E-state index in [4.69, 9.17) is 0 Å². The molecule has 3 aromatic carbocycles. The maximum Gasteiger partial charge on any atom is 0.244 e. The second kappa shape index (κ2) is 13.7. The van der Waals surface area contributed by atoms with Crippen molar-refractivity contribution in [2.45, 2.75) is 32.9 Å². The summed E-state index contributed by atoms with van der Waals surface area (Å²) in [6.07, 6.45) is 1.25. The third kappa shape index (κ3) is 9.18.